The van der Waals surface area contributed by atoms with Crippen LogP contribution in [0.25, 0.3) is 0 Å². The van der Waals surface area contributed by atoms with E-state index in [0.29, 0.717) is 0 Å². The number of primary amides is 1. The predicted molar refractivity (Wildman–Crippen MR) is 47.7 cm³/mol. The molecule has 0 aromatic carbocycles. The first-order valence-corrected chi connectivity index (χ1v) is 5.09. The van der Waals surface area contributed by atoms with Gasteiger partial charge in [0.2, 0.25) is 5.91 Å². The molecule has 0 aliphatic rings. The summed E-state index contributed by atoms with van der Waals surface area (Å²) in [6.07, 6.45) is -2.87. The molecule has 0 aliphatic heterocycles. The first-order valence-electron chi connectivity index (χ1n) is 3.61. The van der Waals surface area contributed by atoms with E-state index in [1.165, 1.54) is 4.72 Å². The van der Waals surface area contributed by atoms with E-state index < -0.39 is 34.9 Å². The van der Waals surface area contributed by atoms with Gasteiger partial charge in [-0.25, -0.2) is 9.52 Å². The van der Waals surface area contributed by atoms with Gasteiger partial charge in [-0.2, -0.15) is 13.1 Å². The van der Waals surface area contributed by atoms with Crippen LogP contribution in [0, 0.1) is 0 Å². The van der Waals surface area contributed by atoms with Crippen LogP contribution in [0.5, 0.6) is 0 Å². The quantitative estimate of drug-likeness (QED) is 0.403. The molecule has 2 amide bonds. The van der Waals surface area contributed by atoms with Crippen molar-refractivity contribution < 1.29 is 27.9 Å². The van der Waals surface area contributed by atoms with Crippen LogP contribution in [0.1, 0.15) is 0 Å². The lowest BCUT2D eigenvalue weighted by Gasteiger charge is -2.09. The third kappa shape index (κ3) is 5.83. The average Bonchev–Trinajstić information content (AvgIpc) is 2.13. The van der Waals surface area contributed by atoms with E-state index in [0.717, 1.165) is 7.11 Å². The largest absolute Gasteiger partial charge is 0.452 e. The highest BCUT2D eigenvalue weighted by Gasteiger charge is 2.18. The topological polar surface area (TPSA) is 148 Å². The average molecular weight is 241 g/mol. The Hall–Kier alpha value is -1.39. The van der Waals surface area contributed by atoms with Crippen molar-refractivity contribution >= 4 is 22.2 Å². The van der Waals surface area contributed by atoms with E-state index in [2.05, 4.69) is 10.5 Å². The summed E-state index contributed by atoms with van der Waals surface area (Å²) in [5, 5.41) is 8.84. The van der Waals surface area contributed by atoms with Gasteiger partial charge < -0.3 is 15.6 Å². The molecule has 1 unspecified atom stereocenters. The van der Waals surface area contributed by atoms with Gasteiger partial charge in [-0.15, -0.1) is 0 Å². The summed E-state index contributed by atoms with van der Waals surface area (Å²) >= 11 is 0. The Bertz CT molecular complexity index is 339. The molecule has 0 rings (SSSR count). The maximum atomic E-state index is 10.9. The van der Waals surface area contributed by atoms with Crippen molar-refractivity contribution in [1.82, 2.24) is 9.44 Å². The molecule has 0 aliphatic carbocycles. The van der Waals surface area contributed by atoms with Gasteiger partial charge in [0.1, 0.15) is 6.10 Å². The number of aliphatic hydroxyl groups is 1. The van der Waals surface area contributed by atoms with Gasteiger partial charge in [-0.05, 0) is 0 Å². The maximum Gasteiger partial charge on any atom is 0.421 e. The van der Waals surface area contributed by atoms with E-state index in [1.54, 1.807) is 4.72 Å². The molecule has 0 spiro atoms. The number of amides is 2. The van der Waals surface area contributed by atoms with Gasteiger partial charge in [0.05, 0.1) is 7.11 Å². The Morgan fingerprint density at radius 1 is 1.53 bits per heavy atom. The number of nitrogens with one attached hydrogen (secondary N) is 2. The number of ether oxygens (including phenoxy) is 1. The van der Waals surface area contributed by atoms with Crippen molar-refractivity contribution in [3.8, 4) is 0 Å². The molecule has 0 saturated carbocycles. The standard InChI is InChI=1S/C5H11N3O6S/c1-14-5(11)8-15(12,13)7-2-3(9)4(6)10/h3,7,9H,2H2,1H3,(H2,6,10)(H,8,11). The summed E-state index contributed by atoms with van der Waals surface area (Å²) in [6.45, 7) is -0.637. The van der Waals surface area contributed by atoms with Crippen molar-refractivity contribution in [3.05, 3.63) is 0 Å². The van der Waals surface area contributed by atoms with E-state index in [4.69, 9.17) is 5.11 Å². The fourth-order valence-electron chi connectivity index (χ4n) is 0.477. The molecule has 88 valence electrons. The lowest BCUT2D eigenvalue weighted by molar-refractivity contribution is -0.125. The number of carbonyl (C=O) groups is 2. The van der Waals surface area contributed by atoms with Gasteiger partial charge in [-0.1, -0.05) is 0 Å². The van der Waals surface area contributed by atoms with Crippen molar-refractivity contribution in [2.75, 3.05) is 13.7 Å². The minimum Gasteiger partial charge on any atom is -0.452 e. The van der Waals surface area contributed by atoms with Gasteiger partial charge in [0, 0.05) is 6.54 Å². The van der Waals surface area contributed by atoms with E-state index in [-0.39, 0.29) is 0 Å². The van der Waals surface area contributed by atoms with Crippen LogP contribution in [0.15, 0.2) is 0 Å². The third-order valence-corrected chi connectivity index (χ3v) is 2.18. The summed E-state index contributed by atoms with van der Waals surface area (Å²) < 4.78 is 29.0. The Morgan fingerprint density at radius 2 is 2.07 bits per heavy atom. The molecule has 0 aromatic rings. The number of hydrogen-bond acceptors (Lipinski definition) is 6. The van der Waals surface area contributed by atoms with Crippen molar-refractivity contribution in [2.24, 2.45) is 5.73 Å². The molecule has 0 fully saturated rings. The lowest BCUT2D eigenvalue weighted by Crippen LogP contribution is -2.46. The molecule has 15 heavy (non-hydrogen) atoms. The molecule has 0 heterocycles. The fourth-order valence-corrected chi connectivity index (χ4v) is 1.23. The SMILES string of the molecule is COC(=O)NS(=O)(=O)NCC(O)C(N)=O. The Morgan fingerprint density at radius 3 is 2.47 bits per heavy atom. The minimum absolute atomic E-state index is 0.637. The smallest absolute Gasteiger partial charge is 0.421 e. The molecule has 0 bridgehead atoms. The van der Waals surface area contributed by atoms with E-state index in [9.17, 15) is 18.0 Å². The van der Waals surface area contributed by atoms with Crippen LogP contribution in [0.2, 0.25) is 0 Å². The number of hydrogen-bond donors (Lipinski definition) is 4. The van der Waals surface area contributed by atoms with Crippen molar-refractivity contribution in [3.63, 3.8) is 0 Å². The van der Waals surface area contributed by atoms with Gasteiger partial charge in [0.25, 0.3) is 0 Å². The summed E-state index contributed by atoms with van der Waals surface area (Å²) in [6, 6.07) is 0. The van der Waals surface area contributed by atoms with Gasteiger partial charge in [0.15, 0.2) is 0 Å². The first kappa shape index (κ1) is 13.6. The summed E-state index contributed by atoms with van der Waals surface area (Å²) in [7, 11) is -3.19. The number of carbonyl (C=O) groups excluding carboxylic acids is 2. The molecule has 5 N–H and O–H groups in total. The van der Waals surface area contributed by atoms with Crippen LogP contribution in [-0.4, -0.2) is 45.3 Å². The minimum atomic E-state index is -4.16. The highest BCUT2D eigenvalue weighted by Crippen LogP contribution is 1.83. The highest BCUT2D eigenvalue weighted by molar-refractivity contribution is 7.88. The van der Waals surface area contributed by atoms with Crippen LogP contribution < -0.4 is 15.2 Å². The number of nitrogens with two attached hydrogens (primary N) is 1. The second-order valence-electron chi connectivity index (χ2n) is 2.36. The molecule has 0 radical (unpaired) electrons. The Labute approximate surface area is 85.8 Å². The molecule has 1 atom stereocenters. The number of rotatable bonds is 5. The molecule has 10 heteroatoms. The highest BCUT2D eigenvalue weighted by atomic mass is 32.2. The summed E-state index contributed by atoms with van der Waals surface area (Å²) in [4.78, 5) is 20.8. The lowest BCUT2D eigenvalue weighted by atomic mass is 10.3. The number of aliphatic hydroxyl groups excluding tert-OH is 1. The van der Waals surface area contributed by atoms with Crippen LogP contribution >= 0.6 is 0 Å². The zero-order chi connectivity index (χ0) is 12.1. The molecule has 9 nitrogen and oxygen atoms in total. The molecular weight excluding hydrogens is 230 g/mol. The zero-order valence-corrected chi connectivity index (χ0v) is 8.58. The van der Waals surface area contributed by atoms with E-state index in [1.807, 2.05) is 0 Å². The Kier molecular flexibility index (Phi) is 4.97. The summed E-state index contributed by atoms with van der Waals surface area (Å²) in [5.41, 5.74) is 4.66. The number of methoxy groups -OCH3 is 1. The molecule has 0 saturated heterocycles. The van der Waals surface area contributed by atoms with Gasteiger partial charge in [-0.3, -0.25) is 4.79 Å². The normalized spacial score (nSPS) is 12.9. The van der Waals surface area contributed by atoms with E-state index >= 15 is 0 Å². The third-order valence-electron chi connectivity index (χ3n) is 1.20. The Balaban J connectivity index is 4.17. The first-order chi connectivity index (χ1) is 6.78. The van der Waals surface area contributed by atoms with Crippen LogP contribution in [0.3, 0.4) is 0 Å². The second kappa shape index (κ2) is 5.48. The van der Waals surface area contributed by atoms with Crippen LogP contribution in [0.4, 0.5) is 4.79 Å². The monoisotopic (exact) mass is 241 g/mol. The van der Waals surface area contributed by atoms with Crippen molar-refractivity contribution in [2.45, 2.75) is 6.10 Å². The fraction of sp³-hybridized carbons (Fsp3) is 0.600. The maximum absolute atomic E-state index is 10.9. The predicted octanol–water partition coefficient (Wildman–Crippen LogP) is -2.98. The molecule has 0 aromatic heterocycles. The second-order valence-corrected chi connectivity index (χ2v) is 3.86. The summed E-state index contributed by atoms with van der Waals surface area (Å²) in [5.74, 6) is -1.09. The van der Waals surface area contributed by atoms with Crippen molar-refractivity contribution in [1.29, 1.82) is 0 Å². The van der Waals surface area contributed by atoms with Crippen LogP contribution in [-0.2, 0) is 19.7 Å². The molecular formula is C5H11N3O6S. The van der Waals surface area contributed by atoms with Gasteiger partial charge >= 0.3 is 16.3 Å². The zero-order valence-electron chi connectivity index (χ0n) is 7.76.